The normalized spacial score (nSPS) is 18.5. The van der Waals surface area contributed by atoms with Crippen LogP contribution in [-0.2, 0) is 11.2 Å². The maximum absolute atomic E-state index is 13.7. The Balaban J connectivity index is 1.40. The van der Waals surface area contributed by atoms with E-state index in [1.54, 1.807) is 12.1 Å². The highest BCUT2D eigenvalue weighted by Crippen LogP contribution is 2.38. The number of nitrogens with zero attached hydrogens (tertiary/aromatic N) is 3. The quantitative estimate of drug-likeness (QED) is 0.370. The van der Waals surface area contributed by atoms with E-state index in [-0.39, 0.29) is 17.8 Å². The van der Waals surface area contributed by atoms with Crippen LogP contribution >= 0.6 is 23.4 Å². The van der Waals surface area contributed by atoms with Gasteiger partial charge in [0.15, 0.2) is 5.16 Å². The van der Waals surface area contributed by atoms with Gasteiger partial charge in [-0.3, -0.25) is 4.79 Å². The second kappa shape index (κ2) is 9.51. The Labute approximate surface area is 203 Å². The molecular formula is C26H27ClFN3OS. The first kappa shape index (κ1) is 22.5. The number of aryl methyl sites for hydroxylation is 1. The van der Waals surface area contributed by atoms with Crippen LogP contribution in [0.15, 0.2) is 53.8 Å². The van der Waals surface area contributed by atoms with Gasteiger partial charge in [0.2, 0.25) is 5.91 Å². The number of carbonyl (C=O) groups excluding carboxylic acids is 1. The highest BCUT2D eigenvalue weighted by atomic mass is 35.5. The topological polar surface area (TPSA) is 38.1 Å². The second-order valence-corrected chi connectivity index (χ2v) is 10.3. The van der Waals surface area contributed by atoms with E-state index in [0.717, 1.165) is 53.3 Å². The predicted octanol–water partition coefficient (Wildman–Crippen LogP) is 6.92. The zero-order valence-electron chi connectivity index (χ0n) is 18.6. The van der Waals surface area contributed by atoms with Gasteiger partial charge in [-0.1, -0.05) is 48.3 Å². The third-order valence-electron chi connectivity index (χ3n) is 6.76. The van der Waals surface area contributed by atoms with Gasteiger partial charge in [-0.15, -0.1) is 0 Å². The number of aromatic nitrogens is 2. The first-order valence-electron chi connectivity index (χ1n) is 11.6. The largest absolute Gasteiger partial charge is 0.316 e. The summed E-state index contributed by atoms with van der Waals surface area (Å²) in [4.78, 5) is 19.9. The lowest BCUT2D eigenvalue weighted by atomic mass is 9.96. The Morgan fingerprint density at radius 2 is 1.91 bits per heavy atom. The number of carbonyl (C=O) groups is 1. The SMILES string of the molecule is CC1CCc2cc(F)ccc2N1C(=O)CSc1ncc(-c2ccc(Cl)cc2)n1C1CCCC1. The minimum atomic E-state index is -0.251. The molecule has 4 nitrogen and oxygen atoms in total. The molecule has 7 heteroatoms. The van der Waals surface area contributed by atoms with Crippen LogP contribution in [0.5, 0.6) is 0 Å². The number of halogens is 2. The third kappa shape index (κ3) is 4.56. The Hall–Kier alpha value is -2.31. The molecule has 33 heavy (non-hydrogen) atoms. The van der Waals surface area contributed by atoms with Gasteiger partial charge >= 0.3 is 0 Å². The average Bonchev–Trinajstić information content (AvgIpc) is 3.48. The maximum Gasteiger partial charge on any atom is 0.237 e. The van der Waals surface area contributed by atoms with Crippen molar-refractivity contribution >= 4 is 35.0 Å². The first-order valence-corrected chi connectivity index (χ1v) is 12.9. The Morgan fingerprint density at radius 1 is 1.15 bits per heavy atom. The fourth-order valence-electron chi connectivity index (χ4n) is 5.10. The lowest BCUT2D eigenvalue weighted by molar-refractivity contribution is -0.116. The van der Waals surface area contributed by atoms with Gasteiger partial charge in [0.1, 0.15) is 5.82 Å². The van der Waals surface area contributed by atoms with E-state index in [4.69, 9.17) is 16.6 Å². The number of hydrogen-bond donors (Lipinski definition) is 0. The molecular weight excluding hydrogens is 457 g/mol. The van der Waals surface area contributed by atoms with Crippen molar-refractivity contribution in [2.75, 3.05) is 10.7 Å². The molecule has 0 saturated heterocycles. The van der Waals surface area contributed by atoms with Crippen molar-refractivity contribution in [2.45, 2.75) is 62.7 Å². The zero-order valence-corrected chi connectivity index (χ0v) is 20.2. The molecule has 0 N–H and O–H groups in total. The number of benzene rings is 2. The third-order valence-corrected chi connectivity index (χ3v) is 7.96. The Bertz CT molecular complexity index is 1160. The molecule has 1 atom stereocenters. The fraction of sp³-hybridized carbons (Fsp3) is 0.385. The molecule has 1 aliphatic heterocycles. The number of amides is 1. The van der Waals surface area contributed by atoms with Crippen molar-refractivity contribution in [1.82, 2.24) is 9.55 Å². The van der Waals surface area contributed by atoms with Crippen LogP contribution in [0.3, 0.4) is 0 Å². The van der Waals surface area contributed by atoms with Crippen LogP contribution in [0.4, 0.5) is 10.1 Å². The van der Waals surface area contributed by atoms with E-state index >= 15 is 0 Å². The fourth-order valence-corrected chi connectivity index (χ4v) is 6.13. The van der Waals surface area contributed by atoms with E-state index in [1.165, 1.54) is 30.7 Å². The zero-order chi connectivity index (χ0) is 22.9. The van der Waals surface area contributed by atoms with E-state index in [0.29, 0.717) is 16.8 Å². The molecule has 2 aliphatic rings. The maximum atomic E-state index is 13.7. The molecule has 1 aromatic heterocycles. The van der Waals surface area contributed by atoms with Crippen LogP contribution in [0, 0.1) is 5.82 Å². The van der Waals surface area contributed by atoms with Gasteiger partial charge in [-0.05, 0) is 74.1 Å². The van der Waals surface area contributed by atoms with Crippen LogP contribution in [0.1, 0.15) is 50.6 Å². The van der Waals surface area contributed by atoms with Crippen molar-refractivity contribution in [1.29, 1.82) is 0 Å². The summed E-state index contributed by atoms with van der Waals surface area (Å²) in [6, 6.07) is 13.1. The highest BCUT2D eigenvalue weighted by Gasteiger charge is 2.30. The van der Waals surface area contributed by atoms with Crippen LogP contribution in [-0.4, -0.2) is 27.3 Å². The van der Waals surface area contributed by atoms with Gasteiger partial charge in [-0.2, -0.15) is 0 Å². The van der Waals surface area contributed by atoms with E-state index in [9.17, 15) is 9.18 Å². The molecule has 1 saturated carbocycles. The smallest absolute Gasteiger partial charge is 0.237 e. The molecule has 0 spiro atoms. The summed E-state index contributed by atoms with van der Waals surface area (Å²) < 4.78 is 16.0. The molecule has 3 aromatic rings. The van der Waals surface area contributed by atoms with E-state index < -0.39 is 0 Å². The Morgan fingerprint density at radius 3 is 2.67 bits per heavy atom. The summed E-state index contributed by atoms with van der Waals surface area (Å²) in [5.74, 6) is 0.0813. The molecule has 1 amide bonds. The van der Waals surface area contributed by atoms with E-state index in [1.807, 2.05) is 35.4 Å². The summed E-state index contributed by atoms with van der Waals surface area (Å²) >= 11 is 7.59. The lowest BCUT2D eigenvalue weighted by Crippen LogP contribution is -2.43. The van der Waals surface area contributed by atoms with Crippen molar-refractivity contribution in [3.8, 4) is 11.3 Å². The molecule has 1 aliphatic carbocycles. The summed E-state index contributed by atoms with van der Waals surface area (Å²) in [5.41, 5.74) is 3.89. The van der Waals surface area contributed by atoms with Gasteiger partial charge in [0.05, 0.1) is 17.6 Å². The molecule has 2 heterocycles. The van der Waals surface area contributed by atoms with Crippen molar-refractivity contribution in [3.63, 3.8) is 0 Å². The van der Waals surface area contributed by atoms with Gasteiger partial charge in [0, 0.05) is 22.8 Å². The average molecular weight is 484 g/mol. The highest BCUT2D eigenvalue weighted by molar-refractivity contribution is 7.99. The molecule has 2 aromatic carbocycles. The standard InChI is InChI=1S/C26H27ClFN3OS/c1-17-6-7-19-14-21(28)12-13-23(19)30(17)25(32)16-33-26-29-15-24(18-8-10-20(27)11-9-18)31(26)22-4-2-3-5-22/h8-15,17,22H,2-7,16H2,1H3. The summed E-state index contributed by atoms with van der Waals surface area (Å²) in [6.45, 7) is 2.06. The molecule has 1 fully saturated rings. The summed E-state index contributed by atoms with van der Waals surface area (Å²) in [6.07, 6.45) is 8.22. The van der Waals surface area contributed by atoms with Crippen LogP contribution < -0.4 is 4.90 Å². The number of imidazole rings is 1. The minimum Gasteiger partial charge on any atom is -0.316 e. The van der Waals surface area contributed by atoms with Crippen molar-refractivity contribution in [3.05, 3.63) is 65.1 Å². The molecule has 5 rings (SSSR count). The van der Waals surface area contributed by atoms with Gasteiger partial charge in [-0.25, -0.2) is 9.37 Å². The summed E-state index contributed by atoms with van der Waals surface area (Å²) in [7, 11) is 0. The molecule has 0 radical (unpaired) electrons. The predicted molar refractivity (Wildman–Crippen MR) is 133 cm³/mol. The van der Waals surface area contributed by atoms with Crippen LogP contribution in [0.25, 0.3) is 11.3 Å². The minimum absolute atomic E-state index is 0.0362. The summed E-state index contributed by atoms with van der Waals surface area (Å²) in [5, 5.41) is 1.59. The van der Waals surface area contributed by atoms with Crippen molar-refractivity contribution < 1.29 is 9.18 Å². The molecule has 172 valence electrons. The monoisotopic (exact) mass is 483 g/mol. The van der Waals surface area contributed by atoms with E-state index in [2.05, 4.69) is 11.5 Å². The van der Waals surface area contributed by atoms with Crippen LogP contribution in [0.2, 0.25) is 5.02 Å². The molecule has 0 bridgehead atoms. The second-order valence-electron chi connectivity index (χ2n) is 8.95. The van der Waals surface area contributed by atoms with Gasteiger partial charge < -0.3 is 9.47 Å². The van der Waals surface area contributed by atoms with Crippen molar-refractivity contribution in [2.24, 2.45) is 0 Å². The Kier molecular flexibility index (Phi) is 6.48. The number of fused-ring (bicyclic) bond motifs is 1. The number of hydrogen-bond acceptors (Lipinski definition) is 3. The first-order chi connectivity index (χ1) is 16.0. The number of anilines is 1. The van der Waals surface area contributed by atoms with Gasteiger partial charge in [0.25, 0.3) is 0 Å². The number of rotatable bonds is 5. The lowest BCUT2D eigenvalue weighted by Gasteiger charge is -2.35. The molecule has 1 unspecified atom stereocenters. The number of thioether (sulfide) groups is 1.